The van der Waals surface area contributed by atoms with E-state index in [0.717, 1.165) is 23.0 Å². The molecule has 4 nitrogen and oxygen atoms in total. The normalized spacial score (nSPS) is 11.0. The minimum absolute atomic E-state index is 0.324. The zero-order valence-electron chi connectivity index (χ0n) is 13.8. The van der Waals surface area contributed by atoms with Gasteiger partial charge < -0.3 is 10.3 Å². The lowest BCUT2D eigenvalue weighted by atomic mass is 10.1. The first-order valence-corrected chi connectivity index (χ1v) is 8.60. The van der Waals surface area contributed by atoms with Gasteiger partial charge in [-0.3, -0.25) is 0 Å². The van der Waals surface area contributed by atoms with E-state index in [2.05, 4.69) is 26.3 Å². The second kappa shape index (κ2) is 7.14. The van der Waals surface area contributed by atoms with Crippen LogP contribution in [0.15, 0.2) is 61.1 Å². The molecule has 4 aromatic rings. The lowest BCUT2D eigenvalue weighted by Crippen LogP contribution is -2.03. The maximum atomic E-state index is 13.8. The first-order valence-electron chi connectivity index (χ1n) is 8.23. The molecule has 0 atom stereocenters. The Labute approximate surface area is 155 Å². The predicted octanol–water partition coefficient (Wildman–Crippen LogP) is 4.95. The summed E-state index contributed by atoms with van der Waals surface area (Å²) in [7, 11) is 0. The fourth-order valence-electron chi connectivity index (χ4n) is 2.86. The number of halogens is 2. The number of H-pyrrole nitrogens is 1. The highest BCUT2D eigenvalue weighted by atomic mass is 35.5. The monoisotopic (exact) mass is 366 g/mol. The standard InChI is InChI=1S/C20H16ClFN4/c21-16-5-4-14(18(22)9-16)11-25-19-6-3-13(10-24-19)8-15-12-26-20-17(15)2-1-7-23-20/h1-7,9-10,12H,8,11H2,(H,23,26)(H,24,25). The van der Waals surface area contributed by atoms with Gasteiger partial charge in [-0.15, -0.1) is 0 Å². The van der Waals surface area contributed by atoms with Crippen LogP contribution in [0.3, 0.4) is 0 Å². The summed E-state index contributed by atoms with van der Waals surface area (Å²) in [5, 5.41) is 4.64. The highest BCUT2D eigenvalue weighted by Crippen LogP contribution is 2.20. The smallest absolute Gasteiger partial charge is 0.137 e. The SMILES string of the molecule is Fc1cc(Cl)ccc1CNc1ccc(Cc2c[nH]c3ncccc23)cn1. The molecular weight excluding hydrogens is 351 g/mol. The number of hydrogen-bond donors (Lipinski definition) is 2. The van der Waals surface area contributed by atoms with Crippen LogP contribution in [0.25, 0.3) is 11.0 Å². The van der Waals surface area contributed by atoms with E-state index in [0.29, 0.717) is 22.9 Å². The van der Waals surface area contributed by atoms with E-state index in [1.807, 2.05) is 30.6 Å². The number of aromatic nitrogens is 3. The molecule has 0 unspecified atom stereocenters. The van der Waals surface area contributed by atoms with Gasteiger partial charge in [0.25, 0.3) is 0 Å². The number of nitrogens with one attached hydrogen (secondary N) is 2. The van der Waals surface area contributed by atoms with Crippen molar-refractivity contribution in [3.63, 3.8) is 0 Å². The van der Waals surface area contributed by atoms with Crippen LogP contribution in [0.5, 0.6) is 0 Å². The molecule has 3 heterocycles. The van der Waals surface area contributed by atoms with Crippen LogP contribution in [-0.2, 0) is 13.0 Å². The average molecular weight is 367 g/mol. The van der Waals surface area contributed by atoms with E-state index in [-0.39, 0.29) is 5.82 Å². The molecule has 0 aliphatic heterocycles. The maximum absolute atomic E-state index is 13.8. The van der Waals surface area contributed by atoms with E-state index < -0.39 is 0 Å². The Hall–Kier alpha value is -2.92. The molecule has 0 bridgehead atoms. The highest BCUT2D eigenvalue weighted by molar-refractivity contribution is 6.30. The molecule has 0 radical (unpaired) electrons. The van der Waals surface area contributed by atoms with E-state index in [1.165, 1.54) is 11.6 Å². The van der Waals surface area contributed by atoms with Crippen LogP contribution in [0.1, 0.15) is 16.7 Å². The molecule has 0 fully saturated rings. The maximum Gasteiger partial charge on any atom is 0.137 e. The second-order valence-corrected chi connectivity index (χ2v) is 6.47. The van der Waals surface area contributed by atoms with Gasteiger partial charge in [-0.2, -0.15) is 0 Å². The fourth-order valence-corrected chi connectivity index (χ4v) is 3.02. The van der Waals surface area contributed by atoms with Crippen molar-refractivity contribution in [2.75, 3.05) is 5.32 Å². The molecule has 26 heavy (non-hydrogen) atoms. The minimum Gasteiger partial charge on any atom is -0.366 e. The first kappa shape index (κ1) is 16.5. The lowest BCUT2D eigenvalue weighted by molar-refractivity contribution is 0.613. The quantitative estimate of drug-likeness (QED) is 0.525. The molecular formula is C20H16ClFN4. The number of nitrogens with zero attached hydrogens (tertiary/aromatic N) is 2. The molecule has 3 aromatic heterocycles. The largest absolute Gasteiger partial charge is 0.366 e. The molecule has 0 aliphatic rings. The van der Waals surface area contributed by atoms with Crippen molar-refractivity contribution in [1.82, 2.24) is 15.0 Å². The Balaban J connectivity index is 1.43. The van der Waals surface area contributed by atoms with Crippen LogP contribution < -0.4 is 5.32 Å². The summed E-state index contributed by atoms with van der Waals surface area (Å²) < 4.78 is 13.8. The number of fused-ring (bicyclic) bond motifs is 1. The second-order valence-electron chi connectivity index (χ2n) is 6.03. The van der Waals surface area contributed by atoms with Gasteiger partial charge in [0, 0.05) is 47.5 Å². The zero-order chi connectivity index (χ0) is 17.9. The van der Waals surface area contributed by atoms with Crippen LogP contribution in [0.2, 0.25) is 5.02 Å². The van der Waals surface area contributed by atoms with E-state index in [9.17, 15) is 4.39 Å². The van der Waals surface area contributed by atoms with Crippen molar-refractivity contribution in [1.29, 1.82) is 0 Å². The minimum atomic E-state index is -0.324. The molecule has 0 aliphatic carbocycles. The number of hydrogen-bond acceptors (Lipinski definition) is 3. The van der Waals surface area contributed by atoms with Gasteiger partial charge in [-0.1, -0.05) is 23.7 Å². The highest BCUT2D eigenvalue weighted by Gasteiger charge is 2.06. The van der Waals surface area contributed by atoms with Crippen molar-refractivity contribution in [2.45, 2.75) is 13.0 Å². The zero-order valence-corrected chi connectivity index (χ0v) is 14.6. The van der Waals surface area contributed by atoms with Crippen LogP contribution in [-0.4, -0.2) is 15.0 Å². The number of aromatic amines is 1. The lowest BCUT2D eigenvalue weighted by Gasteiger charge is -2.08. The molecule has 4 rings (SSSR count). The Kier molecular flexibility index (Phi) is 4.54. The van der Waals surface area contributed by atoms with E-state index in [1.54, 1.807) is 18.3 Å². The Morgan fingerprint density at radius 1 is 1.08 bits per heavy atom. The van der Waals surface area contributed by atoms with Gasteiger partial charge in [0.05, 0.1) is 0 Å². The Morgan fingerprint density at radius 3 is 2.81 bits per heavy atom. The molecule has 1 aromatic carbocycles. The van der Waals surface area contributed by atoms with Crippen molar-refractivity contribution in [2.24, 2.45) is 0 Å². The molecule has 0 saturated heterocycles. The predicted molar refractivity (Wildman–Crippen MR) is 102 cm³/mol. The average Bonchev–Trinajstić information content (AvgIpc) is 3.05. The number of anilines is 1. The number of benzene rings is 1. The van der Waals surface area contributed by atoms with E-state index in [4.69, 9.17) is 11.6 Å². The molecule has 0 amide bonds. The summed E-state index contributed by atoms with van der Waals surface area (Å²) in [6.07, 6.45) is 6.35. The molecule has 0 saturated carbocycles. The van der Waals surface area contributed by atoms with Gasteiger partial charge in [-0.25, -0.2) is 14.4 Å². The third kappa shape index (κ3) is 3.53. The molecule has 2 N–H and O–H groups in total. The third-order valence-corrected chi connectivity index (χ3v) is 4.47. The summed E-state index contributed by atoms with van der Waals surface area (Å²) in [4.78, 5) is 11.9. The van der Waals surface area contributed by atoms with Crippen molar-refractivity contribution >= 4 is 28.5 Å². The summed E-state index contributed by atoms with van der Waals surface area (Å²) >= 11 is 5.77. The third-order valence-electron chi connectivity index (χ3n) is 4.23. The fraction of sp³-hybridized carbons (Fsp3) is 0.100. The van der Waals surface area contributed by atoms with Crippen molar-refractivity contribution in [3.8, 4) is 0 Å². The van der Waals surface area contributed by atoms with Gasteiger partial charge in [-0.05, 0) is 41.5 Å². The summed E-state index contributed by atoms with van der Waals surface area (Å²) in [5.74, 6) is 0.373. The van der Waals surface area contributed by atoms with Crippen molar-refractivity contribution in [3.05, 3.63) is 88.6 Å². The van der Waals surface area contributed by atoms with Gasteiger partial charge in [0.1, 0.15) is 17.3 Å². The first-order chi connectivity index (χ1) is 12.7. The molecule has 130 valence electrons. The van der Waals surface area contributed by atoms with Gasteiger partial charge in [0.15, 0.2) is 0 Å². The van der Waals surface area contributed by atoms with Gasteiger partial charge >= 0.3 is 0 Å². The molecule has 6 heteroatoms. The number of rotatable bonds is 5. The Bertz CT molecular complexity index is 1040. The van der Waals surface area contributed by atoms with Crippen LogP contribution in [0, 0.1) is 5.82 Å². The topological polar surface area (TPSA) is 53.6 Å². The van der Waals surface area contributed by atoms with Crippen LogP contribution in [0.4, 0.5) is 10.2 Å². The van der Waals surface area contributed by atoms with Crippen LogP contribution >= 0.6 is 11.6 Å². The Morgan fingerprint density at radius 2 is 2.00 bits per heavy atom. The van der Waals surface area contributed by atoms with Gasteiger partial charge in [0.2, 0.25) is 0 Å². The molecule has 0 spiro atoms. The van der Waals surface area contributed by atoms with E-state index >= 15 is 0 Å². The summed E-state index contributed by atoms with van der Waals surface area (Å²) in [6, 6.07) is 12.6. The summed E-state index contributed by atoms with van der Waals surface area (Å²) in [5.41, 5.74) is 3.71. The summed E-state index contributed by atoms with van der Waals surface area (Å²) in [6.45, 7) is 0.351. The van der Waals surface area contributed by atoms with Crippen molar-refractivity contribution < 1.29 is 4.39 Å². The number of pyridine rings is 2.